The van der Waals surface area contributed by atoms with Crippen molar-refractivity contribution >= 4 is 17.1 Å². The number of hydrogen-bond acceptors (Lipinski definition) is 8. The zero-order valence-electron chi connectivity index (χ0n) is 14.8. The van der Waals surface area contributed by atoms with Gasteiger partial charge in [0.05, 0.1) is 6.33 Å². The third kappa shape index (κ3) is 3.21. The van der Waals surface area contributed by atoms with Gasteiger partial charge in [0.25, 0.3) is 0 Å². The highest BCUT2D eigenvalue weighted by Gasteiger charge is 2.44. The minimum Gasteiger partial charge on any atom is -0.463 e. The van der Waals surface area contributed by atoms with Crippen molar-refractivity contribution in [3.05, 3.63) is 42.7 Å². The Morgan fingerprint density at radius 1 is 1.21 bits per heavy atom. The van der Waals surface area contributed by atoms with Crippen LogP contribution in [-0.2, 0) is 14.3 Å². The summed E-state index contributed by atoms with van der Waals surface area (Å²) in [6.45, 7) is 1.05. The van der Waals surface area contributed by atoms with Crippen LogP contribution < -0.4 is 0 Å². The van der Waals surface area contributed by atoms with E-state index in [-0.39, 0.29) is 12.4 Å². The number of imidazole rings is 1. The Morgan fingerprint density at radius 3 is 2.68 bits per heavy atom. The maximum atomic E-state index is 13.2. The van der Waals surface area contributed by atoms with E-state index >= 15 is 0 Å². The number of esters is 1. The molecule has 1 aliphatic rings. The first kappa shape index (κ1) is 18.4. The first-order valence-electron chi connectivity index (χ1n) is 8.54. The van der Waals surface area contributed by atoms with Gasteiger partial charge in [0.1, 0.15) is 48.3 Å². The number of nitrogens with zero attached hydrogens (tertiary/aromatic N) is 4. The molecule has 3 heterocycles. The van der Waals surface area contributed by atoms with E-state index in [1.807, 2.05) is 0 Å². The van der Waals surface area contributed by atoms with Crippen LogP contribution in [0, 0.1) is 5.82 Å². The molecular weight excluding hydrogens is 371 g/mol. The van der Waals surface area contributed by atoms with Crippen molar-refractivity contribution in [2.45, 2.75) is 31.5 Å². The number of aromatic nitrogens is 4. The second kappa shape index (κ2) is 7.23. The van der Waals surface area contributed by atoms with Gasteiger partial charge in [0, 0.05) is 12.5 Å². The lowest BCUT2D eigenvalue weighted by Gasteiger charge is -2.16. The quantitative estimate of drug-likeness (QED) is 0.631. The fourth-order valence-corrected chi connectivity index (χ4v) is 3.15. The SMILES string of the molecule is CC(=O)OC[C@@H]1O[C@H](n2cnc3c(-c4ccc(F)cc4)ncnc32)[C@@H](O)[C@@H]1O. The van der Waals surface area contributed by atoms with Gasteiger partial charge in [0.2, 0.25) is 0 Å². The van der Waals surface area contributed by atoms with Gasteiger partial charge in [-0.1, -0.05) is 0 Å². The zero-order valence-corrected chi connectivity index (χ0v) is 14.8. The molecule has 2 N–H and O–H groups in total. The van der Waals surface area contributed by atoms with Crippen molar-refractivity contribution in [2.75, 3.05) is 6.61 Å². The fourth-order valence-electron chi connectivity index (χ4n) is 3.15. The molecule has 9 nitrogen and oxygen atoms in total. The standard InChI is InChI=1S/C18H17FN4O5/c1-9(24)27-6-12-15(25)16(26)18(28-12)23-8-22-14-13(20-7-21-17(14)23)10-2-4-11(19)5-3-10/h2-5,7-8,12,15-16,18,25-26H,6H2,1H3/t12-,15+,16-,18-/m0/s1. The van der Waals surface area contributed by atoms with Crippen LogP contribution >= 0.6 is 0 Å². The third-order valence-corrected chi connectivity index (χ3v) is 4.54. The van der Waals surface area contributed by atoms with Crippen LogP contribution in [0.3, 0.4) is 0 Å². The van der Waals surface area contributed by atoms with Gasteiger partial charge in [0.15, 0.2) is 11.9 Å². The molecule has 4 rings (SSSR count). The highest BCUT2D eigenvalue weighted by atomic mass is 19.1. The molecule has 0 unspecified atom stereocenters. The molecule has 10 heteroatoms. The molecule has 146 valence electrons. The topological polar surface area (TPSA) is 120 Å². The monoisotopic (exact) mass is 388 g/mol. The predicted octanol–water partition coefficient (Wildman–Crippen LogP) is 0.815. The van der Waals surface area contributed by atoms with Crippen molar-refractivity contribution < 1.29 is 28.9 Å². The van der Waals surface area contributed by atoms with Gasteiger partial charge in [-0.25, -0.2) is 19.3 Å². The van der Waals surface area contributed by atoms with E-state index in [0.717, 1.165) is 0 Å². The molecular formula is C18H17FN4O5. The van der Waals surface area contributed by atoms with Crippen molar-refractivity contribution in [1.82, 2.24) is 19.5 Å². The van der Waals surface area contributed by atoms with E-state index < -0.39 is 30.5 Å². The van der Waals surface area contributed by atoms with Crippen molar-refractivity contribution in [2.24, 2.45) is 0 Å². The molecule has 0 amide bonds. The van der Waals surface area contributed by atoms with Gasteiger partial charge >= 0.3 is 5.97 Å². The maximum Gasteiger partial charge on any atom is 0.302 e. The number of halogens is 1. The number of aliphatic hydroxyl groups is 2. The van der Waals surface area contributed by atoms with E-state index in [4.69, 9.17) is 9.47 Å². The smallest absolute Gasteiger partial charge is 0.302 e. The van der Waals surface area contributed by atoms with Crippen LogP contribution in [0.4, 0.5) is 4.39 Å². The molecule has 1 aromatic carbocycles. The van der Waals surface area contributed by atoms with Crippen LogP contribution in [0.15, 0.2) is 36.9 Å². The summed E-state index contributed by atoms with van der Waals surface area (Å²) in [5.74, 6) is -0.881. The van der Waals surface area contributed by atoms with Gasteiger partial charge in [-0.2, -0.15) is 0 Å². The summed E-state index contributed by atoms with van der Waals surface area (Å²) in [4.78, 5) is 23.7. The molecule has 0 spiro atoms. The third-order valence-electron chi connectivity index (χ3n) is 4.54. The van der Waals surface area contributed by atoms with Crippen LogP contribution in [0.1, 0.15) is 13.2 Å². The molecule has 0 bridgehead atoms. The molecule has 3 aromatic rings. The molecule has 1 fully saturated rings. The Morgan fingerprint density at radius 2 is 1.96 bits per heavy atom. The van der Waals surface area contributed by atoms with Gasteiger partial charge in [-0.05, 0) is 24.3 Å². The number of carbonyl (C=O) groups excluding carboxylic acids is 1. The maximum absolute atomic E-state index is 13.2. The van der Waals surface area contributed by atoms with E-state index in [0.29, 0.717) is 22.4 Å². The summed E-state index contributed by atoms with van der Waals surface area (Å²) < 4.78 is 25.2. The van der Waals surface area contributed by atoms with E-state index in [2.05, 4.69) is 15.0 Å². The van der Waals surface area contributed by atoms with Gasteiger partial charge in [-0.3, -0.25) is 9.36 Å². The van der Waals surface area contributed by atoms with Crippen molar-refractivity contribution in [1.29, 1.82) is 0 Å². The Bertz CT molecular complexity index is 1010. The highest BCUT2D eigenvalue weighted by molar-refractivity contribution is 5.87. The average Bonchev–Trinajstić information content (AvgIpc) is 3.22. The summed E-state index contributed by atoms with van der Waals surface area (Å²) >= 11 is 0. The van der Waals surface area contributed by atoms with Gasteiger partial charge in [-0.15, -0.1) is 0 Å². The number of hydrogen-bond donors (Lipinski definition) is 2. The molecule has 0 saturated carbocycles. The highest BCUT2D eigenvalue weighted by Crippen LogP contribution is 2.33. The van der Waals surface area contributed by atoms with Gasteiger partial charge < -0.3 is 19.7 Å². The molecule has 0 aliphatic carbocycles. The Labute approximate surface area is 158 Å². The first-order valence-corrected chi connectivity index (χ1v) is 8.54. The molecule has 1 saturated heterocycles. The number of fused-ring (bicyclic) bond motifs is 1. The molecule has 4 atom stereocenters. The summed E-state index contributed by atoms with van der Waals surface area (Å²) in [5.41, 5.74) is 1.95. The molecule has 0 radical (unpaired) electrons. The van der Waals surface area contributed by atoms with Crippen LogP contribution in [0.5, 0.6) is 0 Å². The summed E-state index contributed by atoms with van der Waals surface area (Å²) in [7, 11) is 0. The van der Waals surface area contributed by atoms with Crippen LogP contribution in [0.2, 0.25) is 0 Å². The van der Waals surface area contributed by atoms with E-state index in [1.165, 1.54) is 36.3 Å². The summed E-state index contributed by atoms with van der Waals surface area (Å²) in [6.07, 6.45) is -1.65. The van der Waals surface area contributed by atoms with Crippen molar-refractivity contribution in [3.63, 3.8) is 0 Å². The largest absolute Gasteiger partial charge is 0.463 e. The minimum atomic E-state index is -1.28. The van der Waals surface area contributed by atoms with Crippen LogP contribution in [0.25, 0.3) is 22.4 Å². The predicted molar refractivity (Wildman–Crippen MR) is 93.3 cm³/mol. The molecule has 28 heavy (non-hydrogen) atoms. The fraction of sp³-hybridized carbons (Fsp3) is 0.333. The Kier molecular flexibility index (Phi) is 4.75. The molecule has 1 aliphatic heterocycles. The second-order valence-electron chi connectivity index (χ2n) is 6.40. The summed E-state index contributed by atoms with van der Waals surface area (Å²) in [5, 5.41) is 20.6. The number of ether oxygens (including phenoxy) is 2. The molecule has 2 aromatic heterocycles. The van der Waals surface area contributed by atoms with Crippen LogP contribution in [-0.4, -0.2) is 60.6 Å². The lowest BCUT2D eigenvalue weighted by molar-refractivity contribution is -0.147. The minimum absolute atomic E-state index is 0.188. The second-order valence-corrected chi connectivity index (χ2v) is 6.40. The Balaban J connectivity index is 1.68. The number of benzene rings is 1. The number of aliphatic hydroxyl groups excluding tert-OH is 2. The summed E-state index contributed by atoms with van der Waals surface area (Å²) in [6, 6.07) is 5.80. The Hall–Kier alpha value is -2.95. The lowest BCUT2D eigenvalue weighted by Crippen LogP contribution is -2.34. The normalized spacial score (nSPS) is 24.6. The number of rotatable bonds is 4. The van der Waals surface area contributed by atoms with E-state index in [9.17, 15) is 19.4 Å². The average molecular weight is 388 g/mol. The lowest BCUT2D eigenvalue weighted by atomic mass is 10.1. The van der Waals surface area contributed by atoms with Crippen molar-refractivity contribution in [3.8, 4) is 11.3 Å². The van der Waals surface area contributed by atoms with E-state index in [1.54, 1.807) is 12.1 Å². The number of carbonyl (C=O) groups is 1. The zero-order chi connectivity index (χ0) is 19.8. The first-order chi connectivity index (χ1) is 13.5.